The molecule has 0 fully saturated rings. The minimum absolute atomic E-state index is 0.101. The van der Waals surface area contributed by atoms with Gasteiger partial charge in [-0.15, -0.1) is 0 Å². The van der Waals surface area contributed by atoms with Gasteiger partial charge in [0.2, 0.25) is 5.91 Å². The monoisotopic (exact) mass is 543 g/mol. The number of nitrogens with zero attached hydrogens (tertiary/aromatic N) is 3. The lowest BCUT2D eigenvalue weighted by Crippen LogP contribution is -2.41. The molecule has 0 radical (unpaired) electrons. The topological polar surface area (TPSA) is 79.3 Å². The lowest BCUT2D eigenvalue weighted by atomic mass is 9.92. The van der Waals surface area contributed by atoms with Crippen LogP contribution in [0.5, 0.6) is 0 Å². The summed E-state index contributed by atoms with van der Waals surface area (Å²) >= 11 is 12.3. The minimum atomic E-state index is -0.325. The highest BCUT2D eigenvalue weighted by atomic mass is 35.5. The third-order valence-electron chi connectivity index (χ3n) is 5.91. The standard InChI is InChI=1S/C28H35Cl2N5O2/c1-6-8-15-34(27(37)31-20-11-9-19(7-2)10-12-20)18-26(36)32-25-17-24(28(3,4)5)33-35(25)21-13-14-22(29)23(30)16-21/h9-14,16-17H,6-8,15,18H2,1-5H3,(H,31,37)(H,32,36). The summed E-state index contributed by atoms with van der Waals surface area (Å²) in [6.07, 6.45) is 2.60. The molecule has 0 aliphatic heterocycles. The molecule has 2 N–H and O–H groups in total. The molecule has 0 bridgehead atoms. The Labute approximate surface area is 229 Å². The lowest BCUT2D eigenvalue weighted by molar-refractivity contribution is -0.116. The first-order chi connectivity index (χ1) is 17.5. The van der Waals surface area contributed by atoms with Crippen LogP contribution in [0.3, 0.4) is 0 Å². The van der Waals surface area contributed by atoms with E-state index in [4.69, 9.17) is 28.3 Å². The van der Waals surface area contributed by atoms with Crippen LogP contribution >= 0.6 is 23.2 Å². The third kappa shape index (κ3) is 7.73. The first kappa shape index (κ1) is 28.5. The molecule has 0 atom stereocenters. The quantitative estimate of drug-likeness (QED) is 0.296. The van der Waals surface area contributed by atoms with Gasteiger partial charge in [0.25, 0.3) is 0 Å². The van der Waals surface area contributed by atoms with E-state index in [-0.39, 0.29) is 23.9 Å². The number of carbonyl (C=O) groups is 2. The van der Waals surface area contributed by atoms with Gasteiger partial charge in [0.1, 0.15) is 12.4 Å². The van der Waals surface area contributed by atoms with Crippen molar-refractivity contribution in [3.05, 3.63) is 69.8 Å². The van der Waals surface area contributed by atoms with Crippen LogP contribution < -0.4 is 10.6 Å². The van der Waals surface area contributed by atoms with Gasteiger partial charge in [0.15, 0.2) is 0 Å². The lowest BCUT2D eigenvalue weighted by Gasteiger charge is -2.22. The molecule has 0 spiro atoms. The van der Waals surface area contributed by atoms with Crippen molar-refractivity contribution in [2.75, 3.05) is 23.7 Å². The second kappa shape index (κ2) is 12.5. The fourth-order valence-electron chi connectivity index (χ4n) is 3.63. The zero-order chi connectivity index (χ0) is 27.2. The van der Waals surface area contributed by atoms with Crippen LogP contribution in [0, 0.1) is 0 Å². The molecule has 2 aromatic carbocycles. The van der Waals surface area contributed by atoms with Gasteiger partial charge in [-0.05, 0) is 48.7 Å². The largest absolute Gasteiger partial charge is 0.322 e. The van der Waals surface area contributed by atoms with Gasteiger partial charge < -0.3 is 15.5 Å². The zero-order valence-electron chi connectivity index (χ0n) is 22.1. The van der Waals surface area contributed by atoms with Crippen molar-refractivity contribution in [1.29, 1.82) is 0 Å². The fraction of sp³-hybridized carbons (Fsp3) is 0.393. The summed E-state index contributed by atoms with van der Waals surface area (Å²) in [5.74, 6) is 0.161. The number of aryl methyl sites for hydroxylation is 1. The van der Waals surface area contributed by atoms with Crippen LogP contribution in [-0.4, -0.2) is 39.7 Å². The number of urea groups is 1. The second-order valence-corrected chi connectivity index (χ2v) is 10.8. The maximum atomic E-state index is 13.2. The van der Waals surface area contributed by atoms with E-state index >= 15 is 0 Å². The highest BCUT2D eigenvalue weighted by Crippen LogP contribution is 2.29. The summed E-state index contributed by atoms with van der Waals surface area (Å²) in [5.41, 5.74) is 3.09. The van der Waals surface area contributed by atoms with E-state index in [1.807, 2.05) is 58.0 Å². The summed E-state index contributed by atoms with van der Waals surface area (Å²) in [7, 11) is 0. The summed E-state index contributed by atoms with van der Waals surface area (Å²) in [6, 6.07) is 14.4. The molecular weight excluding hydrogens is 509 g/mol. The molecule has 3 aromatic rings. The zero-order valence-corrected chi connectivity index (χ0v) is 23.6. The number of nitrogens with one attached hydrogen (secondary N) is 2. The summed E-state index contributed by atoms with van der Waals surface area (Å²) in [5, 5.41) is 11.4. The first-order valence-corrected chi connectivity index (χ1v) is 13.3. The fourth-order valence-corrected chi connectivity index (χ4v) is 3.93. The van der Waals surface area contributed by atoms with Crippen LogP contribution in [0.25, 0.3) is 5.69 Å². The maximum absolute atomic E-state index is 13.2. The third-order valence-corrected chi connectivity index (χ3v) is 6.65. The van der Waals surface area contributed by atoms with Crippen molar-refractivity contribution < 1.29 is 9.59 Å². The molecule has 0 saturated heterocycles. The summed E-state index contributed by atoms with van der Waals surface area (Å²) < 4.78 is 1.63. The Morgan fingerprint density at radius 2 is 1.68 bits per heavy atom. The molecule has 1 aromatic heterocycles. The highest BCUT2D eigenvalue weighted by Gasteiger charge is 2.23. The van der Waals surface area contributed by atoms with Crippen LogP contribution in [-0.2, 0) is 16.6 Å². The van der Waals surface area contributed by atoms with Crippen molar-refractivity contribution in [1.82, 2.24) is 14.7 Å². The van der Waals surface area contributed by atoms with Gasteiger partial charge in [0, 0.05) is 23.7 Å². The van der Waals surface area contributed by atoms with Gasteiger partial charge in [-0.2, -0.15) is 5.10 Å². The van der Waals surface area contributed by atoms with Gasteiger partial charge >= 0.3 is 6.03 Å². The Morgan fingerprint density at radius 3 is 2.27 bits per heavy atom. The minimum Gasteiger partial charge on any atom is -0.315 e. The Balaban J connectivity index is 1.81. The number of amides is 3. The maximum Gasteiger partial charge on any atom is 0.322 e. The average Bonchev–Trinajstić information content (AvgIpc) is 3.28. The van der Waals surface area contributed by atoms with E-state index in [1.54, 1.807) is 22.9 Å². The van der Waals surface area contributed by atoms with Crippen LogP contribution in [0.2, 0.25) is 10.0 Å². The highest BCUT2D eigenvalue weighted by molar-refractivity contribution is 6.42. The number of anilines is 2. The van der Waals surface area contributed by atoms with Gasteiger partial charge in [-0.3, -0.25) is 4.79 Å². The van der Waals surface area contributed by atoms with Crippen molar-refractivity contribution in [3.63, 3.8) is 0 Å². The summed E-state index contributed by atoms with van der Waals surface area (Å²) in [4.78, 5) is 27.7. The van der Waals surface area contributed by atoms with Crippen molar-refractivity contribution in [3.8, 4) is 5.69 Å². The van der Waals surface area contributed by atoms with Crippen molar-refractivity contribution in [2.45, 2.75) is 59.3 Å². The van der Waals surface area contributed by atoms with E-state index in [0.29, 0.717) is 33.8 Å². The van der Waals surface area contributed by atoms with Gasteiger partial charge in [-0.1, -0.05) is 76.4 Å². The first-order valence-electron chi connectivity index (χ1n) is 12.5. The van der Waals surface area contributed by atoms with Crippen LogP contribution in [0.15, 0.2) is 48.5 Å². The summed E-state index contributed by atoms with van der Waals surface area (Å²) in [6.45, 7) is 10.6. The number of aromatic nitrogens is 2. The molecule has 7 nitrogen and oxygen atoms in total. The Morgan fingerprint density at radius 1 is 0.973 bits per heavy atom. The normalized spacial score (nSPS) is 11.3. The van der Waals surface area contributed by atoms with Gasteiger partial charge in [0.05, 0.1) is 21.4 Å². The average molecular weight is 545 g/mol. The van der Waals surface area contributed by atoms with Gasteiger partial charge in [-0.25, -0.2) is 9.48 Å². The second-order valence-electron chi connectivity index (χ2n) is 9.98. The molecule has 37 heavy (non-hydrogen) atoms. The number of hydrogen-bond donors (Lipinski definition) is 2. The number of hydrogen-bond acceptors (Lipinski definition) is 3. The van der Waals surface area contributed by atoms with Crippen molar-refractivity contribution >= 4 is 46.6 Å². The Kier molecular flexibility index (Phi) is 9.62. The predicted octanol–water partition coefficient (Wildman–Crippen LogP) is 7.31. The van der Waals surface area contributed by atoms with E-state index in [0.717, 1.165) is 25.0 Å². The molecule has 9 heteroatoms. The molecule has 0 aliphatic carbocycles. The molecule has 198 valence electrons. The molecule has 3 amide bonds. The molecule has 0 unspecified atom stereocenters. The van der Waals surface area contributed by atoms with E-state index < -0.39 is 0 Å². The molecule has 3 rings (SSSR count). The molecular formula is C28H35Cl2N5O2. The predicted molar refractivity (Wildman–Crippen MR) is 152 cm³/mol. The van der Waals surface area contributed by atoms with Crippen LogP contribution in [0.4, 0.5) is 16.3 Å². The van der Waals surface area contributed by atoms with E-state index in [1.165, 1.54) is 10.5 Å². The number of rotatable bonds is 9. The smallest absolute Gasteiger partial charge is 0.315 e. The SMILES string of the molecule is CCCCN(CC(=O)Nc1cc(C(C)(C)C)nn1-c1ccc(Cl)c(Cl)c1)C(=O)Nc1ccc(CC)cc1. The molecule has 0 saturated carbocycles. The van der Waals surface area contributed by atoms with Crippen LogP contribution in [0.1, 0.15) is 58.7 Å². The number of benzene rings is 2. The van der Waals surface area contributed by atoms with E-state index in [9.17, 15) is 9.59 Å². The molecule has 1 heterocycles. The van der Waals surface area contributed by atoms with E-state index in [2.05, 4.69) is 17.6 Å². The number of unbranched alkanes of at least 4 members (excludes halogenated alkanes) is 1. The number of halogens is 2. The Hall–Kier alpha value is -3.03. The number of carbonyl (C=O) groups excluding carboxylic acids is 2. The molecule has 0 aliphatic rings. The Bertz CT molecular complexity index is 1230. The van der Waals surface area contributed by atoms with Crippen molar-refractivity contribution in [2.24, 2.45) is 0 Å².